The number of pyridine rings is 1. The average molecular weight is 247 g/mol. The van der Waals surface area contributed by atoms with Crippen molar-refractivity contribution < 1.29 is 9.59 Å². The Morgan fingerprint density at radius 3 is 2.61 bits per heavy atom. The van der Waals surface area contributed by atoms with E-state index in [1.165, 1.54) is 4.90 Å². The molecule has 96 valence electrons. The maximum Gasteiger partial charge on any atom is 0.272 e. The summed E-state index contributed by atoms with van der Waals surface area (Å²) in [5.74, 6) is 0.204. The number of ketones is 1. The summed E-state index contributed by atoms with van der Waals surface area (Å²) in [7, 11) is 3.41. The first-order chi connectivity index (χ1) is 8.58. The summed E-state index contributed by atoms with van der Waals surface area (Å²) < 4.78 is 0. The van der Waals surface area contributed by atoms with Crippen LogP contribution in [0.2, 0.25) is 0 Å². The number of aromatic nitrogens is 1. The number of amides is 1. The van der Waals surface area contributed by atoms with Gasteiger partial charge in [-0.2, -0.15) is 0 Å². The number of carbonyl (C=O) groups excluding carboxylic acids is 2. The molecule has 0 spiro atoms. The quantitative estimate of drug-likeness (QED) is 0.781. The van der Waals surface area contributed by atoms with E-state index < -0.39 is 0 Å². The van der Waals surface area contributed by atoms with E-state index in [4.69, 9.17) is 0 Å². The second-order valence-electron chi connectivity index (χ2n) is 4.62. The van der Waals surface area contributed by atoms with Gasteiger partial charge in [0.1, 0.15) is 11.5 Å². The number of piperidine rings is 1. The van der Waals surface area contributed by atoms with E-state index in [0.29, 0.717) is 24.3 Å². The van der Waals surface area contributed by atoms with Crippen LogP contribution < -0.4 is 4.90 Å². The molecule has 5 heteroatoms. The minimum absolute atomic E-state index is 0.107. The molecule has 1 aromatic heterocycles. The third-order valence-electron chi connectivity index (χ3n) is 3.06. The van der Waals surface area contributed by atoms with Gasteiger partial charge in [-0.05, 0) is 12.1 Å². The highest BCUT2D eigenvalue weighted by atomic mass is 16.2. The van der Waals surface area contributed by atoms with E-state index in [1.807, 2.05) is 6.07 Å². The third-order valence-corrected chi connectivity index (χ3v) is 3.06. The number of nitrogens with zero attached hydrogens (tertiary/aromatic N) is 3. The van der Waals surface area contributed by atoms with E-state index in [0.717, 1.165) is 18.8 Å². The van der Waals surface area contributed by atoms with E-state index in [9.17, 15) is 9.59 Å². The van der Waals surface area contributed by atoms with Crippen LogP contribution in [0.5, 0.6) is 0 Å². The van der Waals surface area contributed by atoms with Crippen LogP contribution in [-0.2, 0) is 4.79 Å². The lowest BCUT2D eigenvalue weighted by Crippen LogP contribution is -2.34. The van der Waals surface area contributed by atoms with Crippen LogP contribution in [0.3, 0.4) is 0 Å². The molecule has 1 amide bonds. The molecule has 2 rings (SSSR count). The fourth-order valence-electron chi connectivity index (χ4n) is 1.98. The number of hydrogen-bond donors (Lipinski definition) is 0. The van der Waals surface area contributed by atoms with Crippen molar-refractivity contribution in [1.82, 2.24) is 9.88 Å². The summed E-state index contributed by atoms with van der Waals surface area (Å²) in [6.45, 7) is 1.44. The standard InChI is InChI=1S/C13H17N3O2/c1-15(2)13(18)12-9-10(3-6-14-12)16-7-4-11(17)5-8-16/h3,6,9H,4-5,7-8H2,1-2H3. The van der Waals surface area contributed by atoms with Gasteiger partial charge in [0, 0.05) is 51.9 Å². The van der Waals surface area contributed by atoms with E-state index in [2.05, 4.69) is 9.88 Å². The second-order valence-corrected chi connectivity index (χ2v) is 4.62. The van der Waals surface area contributed by atoms with Gasteiger partial charge in [-0.25, -0.2) is 0 Å². The van der Waals surface area contributed by atoms with Crippen LogP contribution in [0.1, 0.15) is 23.3 Å². The first kappa shape index (κ1) is 12.5. The Kier molecular flexibility index (Phi) is 3.60. The summed E-state index contributed by atoms with van der Waals surface area (Å²) in [6, 6.07) is 3.67. The van der Waals surface area contributed by atoms with Gasteiger partial charge in [-0.1, -0.05) is 0 Å². The van der Waals surface area contributed by atoms with Crippen molar-refractivity contribution in [2.24, 2.45) is 0 Å². The van der Waals surface area contributed by atoms with Crippen molar-refractivity contribution in [3.8, 4) is 0 Å². The van der Waals surface area contributed by atoms with Gasteiger partial charge in [0.15, 0.2) is 0 Å². The number of rotatable bonds is 2. The highest BCUT2D eigenvalue weighted by molar-refractivity contribution is 5.92. The van der Waals surface area contributed by atoms with Gasteiger partial charge in [0.05, 0.1) is 0 Å². The van der Waals surface area contributed by atoms with Gasteiger partial charge in [-0.3, -0.25) is 14.6 Å². The highest BCUT2D eigenvalue weighted by Gasteiger charge is 2.18. The molecule has 1 aliphatic heterocycles. The van der Waals surface area contributed by atoms with Crippen molar-refractivity contribution in [2.75, 3.05) is 32.1 Å². The average Bonchev–Trinajstić information content (AvgIpc) is 2.38. The lowest BCUT2D eigenvalue weighted by molar-refractivity contribution is -0.119. The smallest absolute Gasteiger partial charge is 0.272 e. The molecule has 0 saturated carbocycles. The number of hydrogen-bond acceptors (Lipinski definition) is 4. The van der Waals surface area contributed by atoms with Crippen molar-refractivity contribution >= 4 is 17.4 Å². The largest absolute Gasteiger partial charge is 0.371 e. The van der Waals surface area contributed by atoms with Crippen LogP contribution in [-0.4, -0.2) is 48.8 Å². The van der Waals surface area contributed by atoms with E-state index >= 15 is 0 Å². The zero-order chi connectivity index (χ0) is 13.1. The summed E-state index contributed by atoms with van der Waals surface area (Å²) in [5, 5.41) is 0. The Labute approximate surface area is 106 Å². The molecule has 0 N–H and O–H groups in total. The van der Waals surface area contributed by atoms with Crippen LogP contribution in [0.4, 0.5) is 5.69 Å². The lowest BCUT2D eigenvalue weighted by atomic mass is 10.1. The SMILES string of the molecule is CN(C)C(=O)c1cc(N2CCC(=O)CC2)ccn1. The van der Waals surface area contributed by atoms with Crippen LogP contribution in [0.15, 0.2) is 18.3 Å². The Hall–Kier alpha value is -1.91. The van der Waals surface area contributed by atoms with Gasteiger partial charge in [0.25, 0.3) is 5.91 Å². The Bertz CT molecular complexity index is 461. The van der Waals surface area contributed by atoms with Gasteiger partial charge in [0.2, 0.25) is 0 Å². The lowest BCUT2D eigenvalue weighted by Gasteiger charge is -2.28. The van der Waals surface area contributed by atoms with Crippen molar-refractivity contribution in [2.45, 2.75) is 12.8 Å². The first-order valence-electron chi connectivity index (χ1n) is 6.02. The summed E-state index contributed by atoms with van der Waals surface area (Å²) in [4.78, 5) is 30.7. The first-order valence-corrected chi connectivity index (χ1v) is 6.02. The maximum absolute atomic E-state index is 11.8. The summed E-state index contributed by atoms with van der Waals surface area (Å²) >= 11 is 0. The van der Waals surface area contributed by atoms with E-state index in [-0.39, 0.29) is 5.91 Å². The maximum atomic E-state index is 11.8. The molecule has 1 fully saturated rings. The fourth-order valence-corrected chi connectivity index (χ4v) is 1.98. The molecule has 5 nitrogen and oxygen atoms in total. The number of carbonyl (C=O) groups is 2. The Morgan fingerprint density at radius 2 is 2.00 bits per heavy atom. The minimum atomic E-state index is -0.107. The Morgan fingerprint density at radius 1 is 1.33 bits per heavy atom. The predicted octanol–water partition coefficient (Wildman–Crippen LogP) is 0.953. The van der Waals surface area contributed by atoms with Gasteiger partial charge < -0.3 is 9.80 Å². The predicted molar refractivity (Wildman–Crippen MR) is 68.7 cm³/mol. The monoisotopic (exact) mass is 247 g/mol. The molecule has 0 unspecified atom stereocenters. The summed E-state index contributed by atoms with van der Waals surface area (Å²) in [5.41, 5.74) is 1.40. The van der Waals surface area contributed by atoms with Crippen molar-refractivity contribution in [1.29, 1.82) is 0 Å². The molecular formula is C13H17N3O2. The molecule has 1 aromatic rings. The molecule has 0 aromatic carbocycles. The zero-order valence-electron chi connectivity index (χ0n) is 10.7. The molecular weight excluding hydrogens is 230 g/mol. The van der Waals surface area contributed by atoms with Crippen LogP contribution in [0, 0.1) is 0 Å². The van der Waals surface area contributed by atoms with Gasteiger partial charge >= 0.3 is 0 Å². The molecule has 0 aliphatic carbocycles. The molecule has 0 radical (unpaired) electrons. The van der Waals surface area contributed by atoms with Crippen LogP contribution in [0.25, 0.3) is 0 Å². The highest BCUT2D eigenvalue weighted by Crippen LogP contribution is 2.19. The van der Waals surface area contributed by atoms with Crippen molar-refractivity contribution in [3.05, 3.63) is 24.0 Å². The topological polar surface area (TPSA) is 53.5 Å². The minimum Gasteiger partial charge on any atom is -0.371 e. The molecule has 0 bridgehead atoms. The third kappa shape index (κ3) is 2.67. The second kappa shape index (κ2) is 5.16. The molecule has 2 heterocycles. The number of anilines is 1. The van der Waals surface area contributed by atoms with Gasteiger partial charge in [-0.15, -0.1) is 0 Å². The summed E-state index contributed by atoms with van der Waals surface area (Å²) in [6.07, 6.45) is 2.81. The zero-order valence-corrected chi connectivity index (χ0v) is 10.7. The normalized spacial score (nSPS) is 15.7. The van der Waals surface area contributed by atoms with E-state index in [1.54, 1.807) is 26.4 Å². The number of Topliss-reactive ketones (excluding diaryl/α,β-unsaturated/α-hetero) is 1. The van der Waals surface area contributed by atoms with Crippen LogP contribution >= 0.6 is 0 Å². The van der Waals surface area contributed by atoms with Crippen molar-refractivity contribution in [3.63, 3.8) is 0 Å². The molecule has 0 atom stereocenters. The fraction of sp³-hybridized carbons (Fsp3) is 0.462. The molecule has 1 aliphatic rings. The molecule has 18 heavy (non-hydrogen) atoms. The Balaban J connectivity index is 2.17. The molecule has 1 saturated heterocycles.